The maximum absolute atomic E-state index is 12.8. The second kappa shape index (κ2) is 9.55. The van der Waals surface area contributed by atoms with Crippen LogP contribution in [0.25, 0.3) is 0 Å². The third-order valence-electron chi connectivity index (χ3n) is 5.09. The van der Waals surface area contributed by atoms with E-state index in [9.17, 15) is 19.2 Å². The fraction of sp³-hybridized carbons (Fsp3) is 0.333. The highest BCUT2D eigenvalue weighted by molar-refractivity contribution is 6.22. The third kappa shape index (κ3) is 4.99. The van der Waals surface area contributed by atoms with Crippen molar-refractivity contribution in [3.63, 3.8) is 0 Å². The first-order valence-electron chi connectivity index (χ1n) is 10.3. The van der Waals surface area contributed by atoms with Crippen molar-refractivity contribution in [3.05, 3.63) is 64.7 Å². The predicted octanol–water partition coefficient (Wildman–Crippen LogP) is 3.64. The highest BCUT2D eigenvalue weighted by Crippen LogP contribution is 2.27. The zero-order valence-electron chi connectivity index (χ0n) is 17.9. The fourth-order valence-corrected chi connectivity index (χ4v) is 3.72. The third-order valence-corrected chi connectivity index (χ3v) is 5.09. The number of amides is 3. The quantitative estimate of drug-likeness (QED) is 0.518. The highest BCUT2D eigenvalue weighted by atomic mass is 16.5. The van der Waals surface area contributed by atoms with E-state index in [1.54, 1.807) is 24.3 Å². The minimum absolute atomic E-state index is 0.273. The van der Waals surface area contributed by atoms with Crippen molar-refractivity contribution in [1.82, 2.24) is 4.90 Å². The number of hydrogen-bond donors (Lipinski definition) is 1. The lowest BCUT2D eigenvalue weighted by Crippen LogP contribution is -2.46. The number of nitrogens with zero attached hydrogens (tertiary/aromatic N) is 1. The van der Waals surface area contributed by atoms with E-state index in [4.69, 9.17) is 4.74 Å². The van der Waals surface area contributed by atoms with Crippen molar-refractivity contribution in [2.24, 2.45) is 0 Å². The number of fused-ring (bicyclic) bond motifs is 1. The molecular weight excluding hydrogens is 396 g/mol. The lowest BCUT2D eigenvalue weighted by molar-refractivity contribution is -0.151. The van der Waals surface area contributed by atoms with Gasteiger partial charge in [-0.1, -0.05) is 38.0 Å². The van der Waals surface area contributed by atoms with Crippen LogP contribution in [0.1, 0.15) is 58.0 Å². The van der Waals surface area contributed by atoms with Crippen LogP contribution in [0.2, 0.25) is 0 Å². The number of imide groups is 1. The van der Waals surface area contributed by atoms with Crippen LogP contribution in [0.15, 0.2) is 42.5 Å². The fourth-order valence-electron chi connectivity index (χ4n) is 3.72. The van der Waals surface area contributed by atoms with Crippen LogP contribution in [-0.2, 0) is 14.3 Å². The zero-order valence-corrected chi connectivity index (χ0v) is 17.9. The number of anilines is 1. The maximum atomic E-state index is 12.8. The van der Waals surface area contributed by atoms with Crippen LogP contribution in [0.4, 0.5) is 5.69 Å². The minimum atomic E-state index is -1.07. The van der Waals surface area contributed by atoms with E-state index in [0.29, 0.717) is 12.1 Å². The van der Waals surface area contributed by atoms with Gasteiger partial charge in [-0.25, -0.2) is 4.79 Å². The lowest BCUT2D eigenvalue weighted by atomic mass is 10.1. The number of unbranched alkanes of at least 4 members (excludes halogenated alkanes) is 1. The van der Waals surface area contributed by atoms with E-state index in [0.717, 1.165) is 22.4 Å². The zero-order chi connectivity index (χ0) is 22.5. The largest absolute Gasteiger partial charge is 0.454 e. The van der Waals surface area contributed by atoms with Gasteiger partial charge < -0.3 is 10.1 Å². The van der Waals surface area contributed by atoms with E-state index in [1.807, 2.05) is 39.0 Å². The summed E-state index contributed by atoms with van der Waals surface area (Å²) in [5, 5.41) is 2.70. The molecule has 0 spiro atoms. The van der Waals surface area contributed by atoms with Gasteiger partial charge in [0.25, 0.3) is 17.7 Å². The molecule has 0 aromatic heterocycles. The molecule has 0 bridgehead atoms. The van der Waals surface area contributed by atoms with Gasteiger partial charge in [-0.3, -0.25) is 19.3 Å². The summed E-state index contributed by atoms with van der Waals surface area (Å²) >= 11 is 0. The molecule has 3 amide bonds. The molecule has 0 saturated heterocycles. The predicted molar refractivity (Wildman–Crippen MR) is 116 cm³/mol. The lowest BCUT2D eigenvalue weighted by Gasteiger charge is -2.24. The van der Waals surface area contributed by atoms with Crippen LogP contribution in [0, 0.1) is 13.8 Å². The van der Waals surface area contributed by atoms with E-state index in [2.05, 4.69) is 5.32 Å². The van der Waals surface area contributed by atoms with E-state index < -0.39 is 36.3 Å². The molecule has 31 heavy (non-hydrogen) atoms. The molecule has 2 aromatic rings. The molecule has 1 aliphatic rings. The SMILES string of the molecule is CCCC[C@@H](C(=O)OCC(=O)Nc1cc(C)cc(C)c1)N1C(=O)c2ccccc2C1=O. The normalized spacial score (nSPS) is 13.7. The van der Waals surface area contributed by atoms with Crippen LogP contribution >= 0.6 is 0 Å². The topological polar surface area (TPSA) is 92.8 Å². The van der Waals surface area contributed by atoms with Gasteiger partial charge in [0, 0.05) is 5.69 Å². The Morgan fingerprint density at radius 1 is 1.00 bits per heavy atom. The first-order valence-corrected chi connectivity index (χ1v) is 10.3. The Hall–Kier alpha value is -3.48. The van der Waals surface area contributed by atoms with Gasteiger partial charge in [-0.2, -0.15) is 0 Å². The molecule has 1 heterocycles. The molecule has 0 saturated carbocycles. The first kappa shape index (κ1) is 22.2. The van der Waals surface area contributed by atoms with Gasteiger partial charge in [0.1, 0.15) is 6.04 Å². The number of esters is 1. The number of aryl methyl sites for hydroxylation is 2. The monoisotopic (exact) mass is 422 g/mol. The standard InChI is InChI=1S/C24H26N2O5/c1-4-5-10-20(26-22(28)18-8-6-7-9-19(18)23(26)29)24(30)31-14-21(27)25-17-12-15(2)11-16(3)13-17/h6-9,11-13,20H,4-5,10,14H2,1-3H3,(H,25,27)/t20-/m0/s1. The second-order valence-electron chi connectivity index (χ2n) is 7.72. The number of ether oxygens (including phenoxy) is 1. The Bertz CT molecular complexity index is 975. The Balaban J connectivity index is 1.68. The van der Waals surface area contributed by atoms with Crippen molar-refractivity contribution < 1.29 is 23.9 Å². The van der Waals surface area contributed by atoms with Crippen LogP contribution in [0.5, 0.6) is 0 Å². The molecule has 162 valence electrons. The average Bonchev–Trinajstić information content (AvgIpc) is 2.97. The van der Waals surface area contributed by atoms with Crippen molar-refractivity contribution in [1.29, 1.82) is 0 Å². The molecule has 0 radical (unpaired) electrons. The molecule has 3 rings (SSSR count). The van der Waals surface area contributed by atoms with Crippen LogP contribution in [0.3, 0.4) is 0 Å². The average molecular weight is 422 g/mol. The molecule has 1 atom stereocenters. The summed E-state index contributed by atoms with van der Waals surface area (Å²) in [4.78, 5) is 51.6. The molecule has 7 heteroatoms. The van der Waals surface area contributed by atoms with Crippen LogP contribution in [-0.4, -0.2) is 41.2 Å². The molecule has 0 aliphatic carbocycles. The summed E-state index contributed by atoms with van der Waals surface area (Å²) in [7, 11) is 0. The summed E-state index contributed by atoms with van der Waals surface area (Å²) in [6.07, 6.45) is 1.68. The minimum Gasteiger partial charge on any atom is -0.454 e. The maximum Gasteiger partial charge on any atom is 0.329 e. The molecule has 1 aliphatic heterocycles. The number of benzene rings is 2. The van der Waals surface area contributed by atoms with E-state index in [-0.39, 0.29) is 17.5 Å². The Labute approximate surface area is 181 Å². The first-order chi connectivity index (χ1) is 14.8. The van der Waals surface area contributed by atoms with Crippen molar-refractivity contribution in [2.75, 3.05) is 11.9 Å². The molecule has 0 fully saturated rings. The molecule has 7 nitrogen and oxygen atoms in total. The molecule has 1 N–H and O–H groups in total. The van der Waals surface area contributed by atoms with E-state index in [1.165, 1.54) is 0 Å². The molecule has 2 aromatic carbocycles. The van der Waals surface area contributed by atoms with Gasteiger partial charge >= 0.3 is 5.97 Å². The summed E-state index contributed by atoms with van der Waals surface area (Å²) < 4.78 is 5.21. The Morgan fingerprint density at radius 3 is 2.13 bits per heavy atom. The summed E-state index contributed by atoms with van der Waals surface area (Å²) in [5.41, 5.74) is 3.15. The van der Waals surface area contributed by atoms with Gasteiger partial charge in [0.2, 0.25) is 0 Å². The van der Waals surface area contributed by atoms with Gasteiger partial charge in [-0.05, 0) is 55.7 Å². The highest BCUT2D eigenvalue weighted by Gasteiger charge is 2.43. The smallest absolute Gasteiger partial charge is 0.329 e. The van der Waals surface area contributed by atoms with Crippen molar-refractivity contribution in [2.45, 2.75) is 46.1 Å². The van der Waals surface area contributed by atoms with Gasteiger partial charge in [0.15, 0.2) is 6.61 Å². The summed E-state index contributed by atoms with van der Waals surface area (Å²) in [5.74, 6) is -2.29. The summed E-state index contributed by atoms with van der Waals surface area (Å²) in [6.45, 7) is 5.28. The number of carbonyl (C=O) groups excluding carboxylic acids is 4. The van der Waals surface area contributed by atoms with Gasteiger partial charge in [-0.15, -0.1) is 0 Å². The number of nitrogens with one attached hydrogen (secondary N) is 1. The summed E-state index contributed by atoms with van der Waals surface area (Å²) in [6, 6.07) is 11.0. The second-order valence-corrected chi connectivity index (χ2v) is 7.72. The number of hydrogen-bond acceptors (Lipinski definition) is 5. The molecular formula is C24H26N2O5. The van der Waals surface area contributed by atoms with E-state index >= 15 is 0 Å². The molecule has 0 unspecified atom stereocenters. The Kier molecular flexibility index (Phi) is 6.84. The van der Waals surface area contributed by atoms with Crippen molar-refractivity contribution >= 4 is 29.4 Å². The number of rotatable bonds is 8. The van der Waals surface area contributed by atoms with Crippen LogP contribution < -0.4 is 5.32 Å². The number of carbonyl (C=O) groups is 4. The van der Waals surface area contributed by atoms with Gasteiger partial charge in [0.05, 0.1) is 11.1 Å². The Morgan fingerprint density at radius 2 is 1.58 bits per heavy atom. The van der Waals surface area contributed by atoms with Crippen molar-refractivity contribution in [3.8, 4) is 0 Å².